The van der Waals surface area contributed by atoms with Crippen LogP contribution in [0.3, 0.4) is 0 Å². The van der Waals surface area contributed by atoms with Gasteiger partial charge in [0.05, 0.1) is 5.02 Å². The van der Waals surface area contributed by atoms with E-state index in [4.69, 9.17) is 11.6 Å². The SMILES string of the molecule is Cc1cc2cc(Cl)c(Br)cc2[nH]1. The number of rotatable bonds is 0. The Balaban J connectivity index is 2.83. The first-order valence-corrected chi connectivity index (χ1v) is 4.78. The second kappa shape index (κ2) is 2.79. The first-order valence-electron chi connectivity index (χ1n) is 3.61. The van der Waals surface area contributed by atoms with E-state index in [1.807, 2.05) is 19.1 Å². The Morgan fingerprint density at radius 3 is 2.83 bits per heavy atom. The van der Waals surface area contributed by atoms with Crippen molar-refractivity contribution in [2.45, 2.75) is 6.92 Å². The van der Waals surface area contributed by atoms with Crippen LogP contribution >= 0.6 is 27.5 Å². The predicted octanol–water partition coefficient (Wildman–Crippen LogP) is 3.89. The van der Waals surface area contributed by atoms with Crippen molar-refractivity contribution in [1.82, 2.24) is 4.98 Å². The number of aromatic amines is 1. The third kappa shape index (κ3) is 1.25. The Morgan fingerprint density at radius 2 is 2.08 bits per heavy atom. The molecule has 2 rings (SSSR count). The van der Waals surface area contributed by atoms with E-state index in [2.05, 4.69) is 27.0 Å². The highest BCUT2D eigenvalue weighted by atomic mass is 79.9. The summed E-state index contributed by atoms with van der Waals surface area (Å²) in [6, 6.07) is 6.02. The molecule has 12 heavy (non-hydrogen) atoms. The number of H-pyrrole nitrogens is 1. The van der Waals surface area contributed by atoms with Gasteiger partial charge in [-0.15, -0.1) is 0 Å². The molecule has 1 aromatic carbocycles. The third-order valence-electron chi connectivity index (χ3n) is 1.80. The number of hydrogen-bond donors (Lipinski definition) is 1. The van der Waals surface area contributed by atoms with Crippen LogP contribution in [0.15, 0.2) is 22.7 Å². The highest BCUT2D eigenvalue weighted by Crippen LogP contribution is 2.28. The molecule has 0 atom stereocenters. The van der Waals surface area contributed by atoms with Gasteiger partial charge in [0.15, 0.2) is 0 Å². The number of aryl methyl sites for hydroxylation is 1. The molecule has 0 aliphatic heterocycles. The van der Waals surface area contributed by atoms with E-state index >= 15 is 0 Å². The number of benzene rings is 1. The van der Waals surface area contributed by atoms with Crippen LogP contribution in [0.5, 0.6) is 0 Å². The second-order valence-corrected chi connectivity index (χ2v) is 4.07. The van der Waals surface area contributed by atoms with Gasteiger partial charge in [0.1, 0.15) is 0 Å². The van der Waals surface area contributed by atoms with Gasteiger partial charge in [-0.1, -0.05) is 11.6 Å². The summed E-state index contributed by atoms with van der Waals surface area (Å²) >= 11 is 9.31. The van der Waals surface area contributed by atoms with Gasteiger partial charge in [-0.05, 0) is 41.1 Å². The molecule has 0 aliphatic carbocycles. The largest absolute Gasteiger partial charge is 0.359 e. The van der Waals surface area contributed by atoms with Gasteiger partial charge in [-0.2, -0.15) is 0 Å². The quantitative estimate of drug-likeness (QED) is 0.724. The minimum atomic E-state index is 0.751. The molecule has 62 valence electrons. The van der Waals surface area contributed by atoms with E-state index in [-0.39, 0.29) is 0 Å². The zero-order valence-corrected chi connectivity index (χ0v) is 8.83. The maximum Gasteiger partial charge on any atom is 0.0555 e. The second-order valence-electron chi connectivity index (χ2n) is 2.81. The van der Waals surface area contributed by atoms with Gasteiger partial charge in [0, 0.05) is 21.1 Å². The molecule has 2 aromatic rings. The maximum absolute atomic E-state index is 5.94. The zero-order chi connectivity index (χ0) is 8.72. The summed E-state index contributed by atoms with van der Waals surface area (Å²) in [5, 5.41) is 1.90. The Labute approximate surface area is 83.9 Å². The molecule has 3 heteroatoms. The molecular weight excluding hydrogens is 237 g/mol. The number of fused-ring (bicyclic) bond motifs is 1. The number of hydrogen-bond acceptors (Lipinski definition) is 0. The molecule has 0 bridgehead atoms. The van der Waals surface area contributed by atoms with Crippen LogP contribution in [-0.2, 0) is 0 Å². The van der Waals surface area contributed by atoms with Crippen LogP contribution in [0.25, 0.3) is 10.9 Å². The molecule has 1 N–H and O–H groups in total. The lowest BCUT2D eigenvalue weighted by atomic mass is 10.2. The van der Waals surface area contributed by atoms with Gasteiger partial charge < -0.3 is 4.98 Å². The average molecular weight is 245 g/mol. The molecule has 0 saturated heterocycles. The lowest BCUT2D eigenvalue weighted by Gasteiger charge is -1.94. The lowest BCUT2D eigenvalue weighted by Crippen LogP contribution is -1.71. The zero-order valence-electron chi connectivity index (χ0n) is 6.49. The van der Waals surface area contributed by atoms with Crippen LogP contribution in [0.1, 0.15) is 5.69 Å². The fourth-order valence-corrected chi connectivity index (χ4v) is 1.79. The Hall–Kier alpha value is -0.470. The van der Waals surface area contributed by atoms with Gasteiger partial charge in [-0.25, -0.2) is 0 Å². The first-order chi connectivity index (χ1) is 5.66. The Morgan fingerprint density at radius 1 is 1.33 bits per heavy atom. The van der Waals surface area contributed by atoms with Gasteiger partial charge in [0.25, 0.3) is 0 Å². The van der Waals surface area contributed by atoms with Crippen molar-refractivity contribution in [3.63, 3.8) is 0 Å². The summed E-state index contributed by atoms with van der Waals surface area (Å²) in [6.07, 6.45) is 0. The van der Waals surface area contributed by atoms with Gasteiger partial charge >= 0.3 is 0 Å². The van der Waals surface area contributed by atoms with Gasteiger partial charge in [-0.3, -0.25) is 0 Å². The van der Waals surface area contributed by atoms with E-state index in [1.165, 1.54) is 0 Å². The van der Waals surface area contributed by atoms with Gasteiger partial charge in [0.2, 0.25) is 0 Å². The van der Waals surface area contributed by atoms with Crippen molar-refractivity contribution in [2.75, 3.05) is 0 Å². The van der Waals surface area contributed by atoms with Crippen LogP contribution in [0.4, 0.5) is 0 Å². The molecule has 1 heterocycles. The minimum absolute atomic E-state index is 0.751. The molecular formula is C9H7BrClN. The van der Waals surface area contributed by atoms with Crippen molar-refractivity contribution in [2.24, 2.45) is 0 Å². The molecule has 0 amide bonds. The molecule has 0 aliphatic rings. The molecule has 0 saturated carbocycles. The van der Waals surface area contributed by atoms with Crippen molar-refractivity contribution in [1.29, 1.82) is 0 Å². The summed E-state index contributed by atoms with van der Waals surface area (Å²) in [5.41, 5.74) is 2.27. The third-order valence-corrected chi connectivity index (χ3v) is 2.99. The Kier molecular flexibility index (Phi) is 1.89. The number of aromatic nitrogens is 1. The smallest absolute Gasteiger partial charge is 0.0555 e. The summed E-state index contributed by atoms with van der Waals surface area (Å²) < 4.78 is 0.929. The van der Waals surface area contributed by atoms with Crippen molar-refractivity contribution in [3.8, 4) is 0 Å². The normalized spacial score (nSPS) is 10.9. The van der Waals surface area contributed by atoms with E-state index in [0.717, 1.165) is 26.1 Å². The molecule has 0 radical (unpaired) electrons. The summed E-state index contributed by atoms with van der Waals surface area (Å²) in [4.78, 5) is 3.24. The number of nitrogens with one attached hydrogen (secondary N) is 1. The van der Waals surface area contributed by atoms with Crippen molar-refractivity contribution < 1.29 is 0 Å². The summed E-state index contributed by atoms with van der Waals surface area (Å²) in [5.74, 6) is 0. The van der Waals surface area contributed by atoms with Crippen LogP contribution < -0.4 is 0 Å². The van der Waals surface area contributed by atoms with E-state index in [1.54, 1.807) is 0 Å². The average Bonchev–Trinajstić information content (AvgIpc) is 2.30. The van der Waals surface area contributed by atoms with Crippen LogP contribution in [0, 0.1) is 6.92 Å². The molecule has 1 aromatic heterocycles. The lowest BCUT2D eigenvalue weighted by molar-refractivity contribution is 1.30. The predicted molar refractivity (Wildman–Crippen MR) is 55.7 cm³/mol. The van der Waals surface area contributed by atoms with E-state index in [9.17, 15) is 0 Å². The highest BCUT2D eigenvalue weighted by molar-refractivity contribution is 9.10. The van der Waals surface area contributed by atoms with Crippen molar-refractivity contribution in [3.05, 3.63) is 33.4 Å². The molecule has 0 unspecified atom stereocenters. The highest BCUT2D eigenvalue weighted by Gasteiger charge is 2.01. The van der Waals surface area contributed by atoms with E-state index in [0.29, 0.717) is 0 Å². The summed E-state index contributed by atoms with van der Waals surface area (Å²) in [7, 11) is 0. The fourth-order valence-electron chi connectivity index (χ4n) is 1.27. The van der Waals surface area contributed by atoms with Crippen molar-refractivity contribution >= 4 is 38.4 Å². The summed E-state index contributed by atoms with van der Waals surface area (Å²) in [6.45, 7) is 2.03. The van der Waals surface area contributed by atoms with Crippen LogP contribution in [-0.4, -0.2) is 4.98 Å². The standard InChI is InChI=1S/C9H7BrClN/c1-5-2-6-3-8(11)7(10)4-9(6)12-5/h2-4,12H,1H3. The maximum atomic E-state index is 5.94. The molecule has 1 nitrogen and oxygen atoms in total. The minimum Gasteiger partial charge on any atom is -0.359 e. The monoisotopic (exact) mass is 243 g/mol. The fraction of sp³-hybridized carbons (Fsp3) is 0.111. The van der Waals surface area contributed by atoms with Crippen LogP contribution in [0.2, 0.25) is 5.02 Å². The molecule has 0 spiro atoms. The number of halogens is 2. The molecule has 0 fully saturated rings. The topological polar surface area (TPSA) is 15.8 Å². The Bertz CT molecular complexity index is 394. The first kappa shape index (κ1) is 8.14. The van der Waals surface area contributed by atoms with E-state index < -0.39 is 0 Å².